The number of nitrogens with zero attached hydrogens (tertiary/aromatic N) is 2. The van der Waals surface area contributed by atoms with E-state index in [2.05, 4.69) is 17.2 Å². The molecule has 0 fully saturated rings. The summed E-state index contributed by atoms with van der Waals surface area (Å²) in [7, 11) is 0. The molecule has 7 nitrogen and oxygen atoms in total. The Bertz CT molecular complexity index is 459. The van der Waals surface area contributed by atoms with Gasteiger partial charge in [0.2, 0.25) is 5.91 Å². The minimum absolute atomic E-state index is 0.00824. The molecule has 1 atom stereocenters. The molecule has 1 aromatic heterocycles. The highest BCUT2D eigenvalue weighted by Gasteiger charge is 2.09. The van der Waals surface area contributed by atoms with Crippen molar-refractivity contribution in [2.75, 3.05) is 13.1 Å². The normalized spacial score (nSPS) is 12.1. The first-order valence-corrected chi connectivity index (χ1v) is 7.28. The van der Waals surface area contributed by atoms with Crippen LogP contribution in [0.2, 0.25) is 0 Å². The summed E-state index contributed by atoms with van der Waals surface area (Å²) in [5.74, 6) is -0.528. The number of nitrogens with one attached hydrogen (secondary N) is 1. The van der Waals surface area contributed by atoms with Crippen LogP contribution in [-0.2, 0) is 11.3 Å². The molecule has 7 heteroatoms. The van der Waals surface area contributed by atoms with Gasteiger partial charge in [-0.2, -0.15) is 0 Å². The molecule has 1 unspecified atom stereocenters. The van der Waals surface area contributed by atoms with E-state index in [9.17, 15) is 9.59 Å². The summed E-state index contributed by atoms with van der Waals surface area (Å²) in [4.78, 5) is 26.1. The largest absolute Gasteiger partial charge is 0.476 e. The Labute approximate surface area is 124 Å². The summed E-state index contributed by atoms with van der Waals surface area (Å²) in [5.41, 5.74) is 5.54. The van der Waals surface area contributed by atoms with Crippen LogP contribution in [0.25, 0.3) is 0 Å². The number of carboxylic acid groups (broad SMARTS) is 1. The van der Waals surface area contributed by atoms with Crippen molar-refractivity contribution < 1.29 is 14.7 Å². The Morgan fingerprint density at radius 1 is 1.48 bits per heavy atom. The third kappa shape index (κ3) is 6.40. The topological polar surface area (TPSA) is 110 Å². The van der Waals surface area contributed by atoms with Gasteiger partial charge in [-0.05, 0) is 25.3 Å². The molecule has 1 heterocycles. The van der Waals surface area contributed by atoms with Gasteiger partial charge >= 0.3 is 5.97 Å². The van der Waals surface area contributed by atoms with E-state index in [1.165, 1.54) is 12.5 Å². The Morgan fingerprint density at radius 2 is 2.24 bits per heavy atom. The third-order valence-electron chi connectivity index (χ3n) is 3.48. The van der Waals surface area contributed by atoms with Gasteiger partial charge in [0.25, 0.3) is 0 Å². The van der Waals surface area contributed by atoms with Gasteiger partial charge in [-0.1, -0.05) is 13.3 Å². The van der Waals surface area contributed by atoms with E-state index >= 15 is 0 Å². The van der Waals surface area contributed by atoms with E-state index in [0.29, 0.717) is 32.0 Å². The molecule has 0 saturated carbocycles. The number of imidazole rings is 1. The number of carbonyl (C=O) groups is 2. The van der Waals surface area contributed by atoms with E-state index in [1.807, 2.05) is 0 Å². The quantitative estimate of drug-likeness (QED) is 0.593. The molecule has 118 valence electrons. The molecule has 1 rings (SSSR count). The van der Waals surface area contributed by atoms with Crippen molar-refractivity contribution in [3.05, 3.63) is 18.2 Å². The van der Waals surface area contributed by atoms with Crippen LogP contribution < -0.4 is 11.1 Å². The van der Waals surface area contributed by atoms with E-state index < -0.39 is 5.97 Å². The summed E-state index contributed by atoms with van der Waals surface area (Å²) in [6.45, 7) is 3.73. The molecule has 0 saturated heterocycles. The molecular formula is C14H24N4O3. The van der Waals surface area contributed by atoms with Gasteiger partial charge in [-0.3, -0.25) is 4.79 Å². The highest BCUT2D eigenvalue weighted by molar-refractivity contribution is 5.84. The van der Waals surface area contributed by atoms with E-state index in [4.69, 9.17) is 10.8 Å². The summed E-state index contributed by atoms with van der Waals surface area (Å²) < 4.78 is 1.65. The van der Waals surface area contributed by atoms with Gasteiger partial charge in [0, 0.05) is 25.7 Å². The van der Waals surface area contributed by atoms with Crippen LogP contribution in [0.5, 0.6) is 0 Å². The fourth-order valence-electron chi connectivity index (χ4n) is 2.13. The zero-order chi connectivity index (χ0) is 15.7. The Hall–Kier alpha value is -1.89. The van der Waals surface area contributed by atoms with Crippen LogP contribution >= 0.6 is 0 Å². The zero-order valence-electron chi connectivity index (χ0n) is 12.4. The van der Waals surface area contributed by atoms with Gasteiger partial charge in [-0.15, -0.1) is 0 Å². The van der Waals surface area contributed by atoms with Gasteiger partial charge in [0.05, 0.1) is 6.33 Å². The number of aromatic nitrogens is 2. The molecule has 1 amide bonds. The summed E-state index contributed by atoms with van der Waals surface area (Å²) >= 11 is 0. The van der Waals surface area contributed by atoms with Crippen LogP contribution in [0.3, 0.4) is 0 Å². The second-order valence-electron chi connectivity index (χ2n) is 5.04. The second-order valence-corrected chi connectivity index (χ2v) is 5.04. The molecule has 0 aliphatic carbocycles. The average molecular weight is 296 g/mol. The molecule has 0 aromatic carbocycles. The predicted molar refractivity (Wildman–Crippen MR) is 78.9 cm³/mol. The fourth-order valence-corrected chi connectivity index (χ4v) is 2.13. The van der Waals surface area contributed by atoms with Gasteiger partial charge in [0.1, 0.15) is 0 Å². The number of amides is 1. The highest BCUT2D eigenvalue weighted by Crippen LogP contribution is 2.14. The summed E-state index contributed by atoms with van der Waals surface area (Å²) in [5, 5.41) is 11.6. The Balaban J connectivity index is 2.22. The Morgan fingerprint density at radius 3 is 2.81 bits per heavy atom. The van der Waals surface area contributed by atoms with Crippen molar-refractivity contribution >= 4 is 11.9 Å². The van der Waals surface area contributed by atoms with Crippen molar-refractivity contribution in [3.8, 4) is 0 Å². The first-order chi connectivity index (χ1) is 10.1. The smallest absolute Gasteiger partial charge is 0.356 e. The Kier molecular flexibility index (Phi) is 7.45. The zero-order valence-corrected chi connectivity index (χ0v) is 12.4. The number of rotatable bonds is 10. The van der Waals surface area contributed by atoms with Gasteiger partial charge in [0.15, 0.2) is 5.69 Å². The van der Waals surface area contributed by atoms with Crippen LogP contribution in [0.4, 0.5) is 0 Å². The monoisotopic (exact) mass is 296 g/mol. The van der Waals surface area contributed by atoms with Crippen LogP contribution in [-0.4, -0.2) is 39.6 Å². The number of nitrogens with two attached hydrogens (primary N) is 1. The molecule has 21 heavy (non-hydrogen) atoms. The molecule has 0 spiro atoms. The van der Waals surface area contributed by atoms with Crippen molar-refractivity contribution in [1.82, 2.24) is 14.9 Å². The number of aromatic carboxylic acids is 1. The SMILES string of the molecule is CCC(CCN)CCC(=O)NCCn1cnc(C(=O)O)c1. The number of carbonyl (C=O) groups excluding carboxylic acids is 1. The maximum Gasteiger partial charge on any atom is 0.356 e. The van der Waals surface area contributed by atoms with Gasteiger partial charge < -0.3 is 20.7 Å². The molecule has 0 bridgehead atoms. The lowest BCUT2D eigenvalue weighted by Crippen LogP contribution is -2.27. The maximum absolute atomic E-state index is 11.7. The third-order valence-corrected chi connectivity index (χ3v) is 3.48. The maximum atomic E-state index is 11.7. The van der Waals surface area contributed by atoms with E-state index in [-0.39, 0.29) is 11.6 Å². The lowest BCUT2D eigenvalue weighted by atomic mass is 9.96. The molecular weight excluding hydrogens is 272 g/mol. The van der Waals surface area contributed by atoms with Crippen LogP contribution in [0.15, 0.2) is 12.5 Å². The minimum atomic E-state index is -1.05. The van der Waals surface area contributed by atoms with Crippen LogP contribution in [0.1, 0.15) is 43.1 Å². The number of hydrogen-bond acceptors (Lipinski definition) is 4. The fraction of sp³-hybridized carbons (Fsp3) is 0.643. The summed E-state index contributed by atoms with van der Waals surface area (Å²) in [6, 6.07) is 0. The van der Waals surface area contributed by atoms with E-state index in [0.717, 1.165) is 19.3 Å². The molecule has 4 N–H and O–H groups in total. The first kappa shape index (κ1) is 17.2. The van der Waals surface area contributed by atoms with Crippen molar-refractivity contribution in [2.24, 2.45) is 11.7 Å². The van der Waals surface area contributed by atoms with Crippen molar-refractivity contribution in [1.29, 1.82) is 0 Å². The van der Waals surface area contributed by atoms with E-state index in [1.54, 1.807) is 4.57 Å². The molecule has 0 radical (unpaired) electrons. The molecule has 0 aliphatic rings. The lowest BCUT2D eigenvalue weighted by molar-refractivity contribution is -0.121. The highest BCUT2D eigenvalue weighted by atomic mass is 16.4. The van der Waals surface area contributed by atoms with Crippen molar-refractivity contribution in [3.63, 3.8) is 0 Å². The average Bonchev–Trinajstić information content (AvgIpc) is 2.92. The molecule has 0 aliphatic heterocycles. The predicted octanol–water partition coefficient (Wildman–Crippen LogP) is 0.853. The molecule has 1 aromatic rings. The van der Waals surface area contributed by atoms with Gasteiger partial charge in [-0.25, -0.2) is 9.78 Å². The van der Waals surface area contributed by atoms with Crippen LogP contribution in [0, 0.1) is 5.92 Å². The lowest BCUT2D eigenvalue weighted by Gasteiger charge is -2.13. The van der Waals surface area contributed by atoms with Crippen molar-refractivity contribution in [2.45, 2.75) is 39.2 Å². The second kappa shape index (κ2) is 9.12. The minimum Gasteiger partial charge on any atom is -0.476 e. The number of hydrogen-bond donors (Lipinski definition) is 3. The number of carboxylic acids is 1. The first-order valence-electron chi connectivity index (χ1n) is 7.28. The summed E-state index contributed by atoms with van der Waals surface area (Å²) in [6.07, 6.45) is 6.25. The standard InChI is InChI=1S/C14H24N4O3/c1-2-11(5-6-15)3-4-13(19)16-7-8-18-9-12(14(20)21)17-10-18/h9-11H,2-8,15H2,1H3,(H,16,19)(H,20,21).